The summed E-state index contributed by atoms with van der Waals surface area (Å²) in [6, 6.07) is 8.34. The normalized spacial score (nSPS) is 16.4. The van der Waals surface area contributed by atoms with Crippen molar-refractivity contribution in [1.29, 1.82) is 0 Å². The maximum absolute atomic E-state index is 4.50. The summed E-state index contributed by atoms with van der Waals surface area (Å²) in [6.07, 6.45) is 10.3. The molecule has 0 aliphatic heterocycles. The Labute approximate surface area is 129 Å². The number of hydrogen-bond donors (Lipinski definition) is 1. The van der Waals surface area contributed by atoms with Gasteiger partial charge in [0.25, 0.3) is 0 Å². The van der Waals surface area contributed by atoms with E-state index in [9.17, 15) is 0 Å². The van der Waals surface area contributed by atoms with Gasteiger partial charge in [0, 0.05) is 28.0 Å². The molecule has 0 bridgehead atoms. The zero-order chi connectivity index (χ0) is 13.8. The van der Waals surface area contributed by atoms with Crippen molar-refractivity contribution < 1.29 is 0 Å². The Kier molecular flexibility index (Phi) is 4.56. The third-order valence-corrected chi connectivity index (χ3v) is 5.01. The van der Waals surface area contributed by atoms with Crippen molar-refractivity contribution in [3.8, 4) is 0 Å². The van der Waals surface area contributed by atoms with Gasteiger partial charge in [-0.2, -0.15) is 0 Å². The highest BCUT2D eigenvalue weighted by molar-refractivity contribution is 9.10. The number of nitrogens with one attached hydrogen (secondary N) is 1. The van der Waals surface area contributed by atoms with Crippen LogP contribution in [0.15, 0.2) is 34.9 Å². The fraction of sp³-hybridized carbons (Fsp3) is 0.471. The first-order chi connectivity index (χ1) is 9.84. The molecule has 20 heavy (non-hydrogen) atoms. The highest BCUT2D eigenvalue weighted by Gasteiger charge is 2.13. The first-order valence-corrected chi connectivity index (χ1v) is 8.41. The largest absolute Gasteiger partial charge is 0.370 e. The van der Waals surface area contributed by atoms with Crippen molar-refractivity contribution in [2.75, 3.05) is 11.9 Å². The maximum atomic E-state index is 4.50. The van der Waals surface area contributed by atoms with Crippen LogP contribution in [-0.4, -0.2) is 11.5 Å². The van der Waals surface area contributed by atoms with E-state index in [4.69, 9.17) is 0 Å². The molecule has 0 atom stereocenters. The lowest BCUT2D eigenvalue weighted by molar-refractivity contribution is 0.345. The van der Waals surface area contributed by atoms with Crippen LogP contribution in [0, 0.1) is 5.92 Å². The Hall–Kier alpha value is -1.09. The van der Waals surface area contributed by atoms with Crippen LogP contribution in [0.5, 0.6) is 0 Å². The van der Waals surface area contributed by atoms with Crippen LogP contribution in [-0.2, 0) is 0 Å². The van der Waals surface area contributed by atoms with Crippen LogP contribution in [0.2, 0.25) is 0 Å². The predicted molar refractivity (Wildman–Crippen MR) is 89.1 cm³/mol. The molecule has 0 radical (unpaired) electrons. The average Bonchev–Trinajstić information content (AvgIpc) is 2.49. The zero-order valence-corrected chi connectivity index (χ0v) is 13.3. The number of pyridine rings is 1. The van der Waals surface area contributed by atoms with Crippen LogP contribution in [0.4, 0.5) is 5.82 Å². The molecule has 3 rings (SSSR count). The van der Waals surface area contributed by atoms with Gasteiger partial charge in [-0.3, -0.25) is 0 Å². The minimum atomic E-state index is 0.915. The lowest BCUT2D eigenvalue weighted by atomic mass is 9.87. The van der Waals surface area contributed by atoms with Crippen molar-refractivity contribution in [2.24, 2.45) is 5.92 Å². The number of anilines is 1. The van der Waals surface area contributed by atoms with Crippen molar-refractivity contribution in [1.82, 2.24) is 4.98 Å². The second-order valence-electron chi connectivity index (χ2n) is 5.71. The fourth-order valence-corrected chi connectivity index (χ4v) is 3.68. The van der Waals surface area contributed by atoms with Crippen molar-refractivity contribution in [2.45, 2.75) is 38.5 Å². The first-order valence-electron chi connectivity index (χ1n) is 7.62. The van der Waals surface area contributed by atoms with Crippen LogP contribution >= 0.6 is 15.9 Å². The SMILES string of the molecule is Brc1cccc2c(NCCC3CCCCC3)nccc12. The van der Waals surface area contributed by atoms with Crippen molar-refractivity contribution in [3.05, 3.63) is 34.9 Å². The number of aromatic nitrogens is 1. The van der Waals surface area contributed by atoms with E-state index in [1.807, 2.05) is 6.20 Å². The van der Waals surface area contributed by atoms with Gasteiger partial charge >= 0.3 is 0 Å². The van der Waals surface area contributed by atoms with E-state index in [0.717, 1.165) is 22.8 Å². The molecule has 2 aromatic rings. The van der Waals surface area contributed by atoms with Gasteiger partial charge in [0.15, 0.2) is 0 Å². The van der Waals surface area contributed by atoms with E-state index in [0.29, 0.717) is 0 Å². The van der Waals surface area contributed by atoms with Gasteiger partial charge in [0.1, 0.15) is 5.82 Å². The summed E-state index contributed by atoms with van der Waals surface area (Å²) in [5.41, 5.74) is 0. The number of hydrogen-bond acceptors (Lipinski definition) is 2. The lowest BCUT2D eigenvalue weighted by Gasteiger charge is -2.21. The highest BCUT2D eigenvalue weighted by Crippen LogP contribution is 2.29. The molecule has 3 heteroatoms. The van der Waals surface area contributed by atoms with Gasteiger partial charge in [0.2, 0.25) is 0 Å². The molecule has 2 nitrogen and oxygen atoms in total. The smallest absolute Gasteiger partial charge is 0.133 e. The van der Waals surface area contributed by atoms with Crippen LogP contribution < -0.4 is 5.32 Å². The standard InChI is InChI=1S/C17H21BrN2/c18-16-8-4-7-15-14(16)10-12-20-17(15)19-11-9-13-5-2-1-3-6-13/h4,7-8,10,12-13H,1-3,5-6,9,11H2,(H,19,20). The Balaban J connectivity index is 1.66. The molecule has 0 spiro atoms. The molecule has 1 aliphatic rings. The number of halogens is 1. The molecule has 1 fully saturated rings. The number of fused-ring (bicyclic) bond motifs is 1. The van der Waals surface area contributed by atoms with E-state index in [1.54, 1.807) is 0 Å². The summed E-state index contributed by atoms with van der Waals surface area (Å²) in [5.74, 6) is 1.93. The topological polar surface area (TPSA) is 24.9 Å². The van der Waals surface area contributed by atoms with Crippen molar-refractivity contribution >= 4 is 32.5 Å². The first kappa shape index (κ1) is 13.9. The quantitative estimate of drug-likeness (QED) is 0.812. The molecular formula is C17H21BrN2. The summed E-state index contributed by atoms with van der Waals surface area (Å²) >= 11 is 3.61. The molecule has 1 aromatic heterocycles. The monoisotopic (exact) mass is 332 g/mol. The maximum Gasteiger partial charge on any atom is 0.133 e. The van der Waals surface area contributed by atoms with E-state index in [2.05, 4.69) is 50.5 Å². The van der Waals surface area contributed by atoms with E-state index < -0.39 is 0 Å². The Morgan fingerprint density at radius 3 is 2.80 bits per heavy atom. The molecule has 0 amide bonds. The third-order valence-electron chi connectivity index (χ3n) is 4.32. The van der Waals surface area contributed by atoms with E-state index >= 15 is 0 Å². The van der Waals surface area contributed by atoms with Crippen LogP contribution in [0.25, 0.3) is 10.8 Å². The minimum absolute atomic E-state index is 0.915. The fourth-order valence-electron chi connectivity index (χ4n) is 3.18. The summed E-state index contributed by atoms with van der Waals surface area (Å²) in [5, 5.41) is 5.95. The number of rotatable bonds is 4. The van der Waals surface area contributed by atoms with Gasteiger partial charge in [-0.25, -0.2) is 4.98 Å². The van der Waals surface area contributed by atoms with Gasteiger partial charge in [-0.15, -0.1) is 0 Å². The van der Waals surface area contributed by atoms with Crippen LogP contribution in [0.3, 0.4) is 0 Å². The second-order valence-corrected chi connectivity index (χ2v) is 6.57. The molecule has 1 N–H and O–H groups in total. The van der Waals surface area contributed by atoms with Crippen LogP contribution in [0.1, 0.15) is 38.5 Å². The molecule has 1 aromatic carbocycles. The number of nitrogens with zero attached hydrogens (tertiary/aromatic N) is 1. The van der Waals surface area contributed by atoms with E-state index in [1.165, 1.54) is 49.3 Å². The summed E-state index contributed by atoms with van der Waals surface area (Å²) in [4.78, 5) is 4.50. The molecule has 0 unspecified atom stereocenters. The molecule has 106 valence electrons. The molecule has 1 aliphatic carbocycles. The highest BCUT2D eigenvalue weighted by atomic mass is 79.9. The van der Waals surface area contributed by atoms with Gasteiger partial charge in [-0.1, -0.05) is 60.2 Å². The van der Waals surface area contributed by atoms with E-state index in [-0.39, 0.29) is 0 Å². The second kappa shape index (κ2) is 6.57. The zero-order valence-electron chi connectivity index (χ0n) is 11.7. The third kappa shape index (κ3) is 3.14. The Bertz CT molecular complexity index is 576. The lowest BCUT2D eigenvalue weighted by Crippen LogP contribution is -2.12. The average molecular weight is 333 g/mol. The molecular weight excluding hydrogens is 312 g/mol. The summed E-state index contributed by atoms with van der Waals surface area (Å²) in [6.45, 7) is 1.03. The summed E-state index contributed by atoms with van der Waals surface area (Å²) < 4.78 is 1.13. The van der Waals surface area contributed by atoms with Crippen molar-refractivity contribution in [3.63, 3.8) is 0 Å². The predicted octanol–water partition coefficient (Wildman–Crippen LogP) is 5.38. The Morgan fingerprint density at radius 1 is 1.10 bits per heavy atom. The van der Waals surface area contributed by atoms with Gasteiger partial charge < -0.3 is 5.32 Å². The minimum Gasteiger partial charge on any atom is -0.370 e. The van der Waals surface area contributed by atoms with Gasteiger partial charge in [-0.05, 0) is 24.5 Å². The number of benzene rings is 1. The van der Waals surface area contributed by atoms with Gasteiger partial charge in [0.05, 0.1) is 0 Å². The summed E-state index contributed by atoms with van der Waals surface area (Å²) in [7, 11) is 0. The molecule has 1 heterocycles. The Morgan fingerprint density at radius 2 is 1.95 bits per heavy atom. The molecule has 1 saturated carbocycles. The molecule has 0 saturated heterocycles.